The van der Waals surface area contributed by atoms with Gasteiger partial charge >= 0.3 is 0 Å². The van der Waals surface area contributed by atoms with E-state index in [4.69, 9.17) is 4.74 Å². The second-order valence-electron chi connectivity index (χ2n) is 8.85. The summed E-state index contributed by atoms with van der Waals surface area (Å²) in [5.41, 5.74) is 2.20. The number of anilines is 2. The van der Waals surface area contributed by atoms with E-state index in [9.17, 15) is 14.4 Å². The van der Waals surface area contributed by atoms with Gasteiger partial charge < -0.3 is 24.6 Å². The summed E-state index contributed by atoms with van der Waals surface area (Å²) in [7, 11) is 0. The normalized spacial score (nSPS) is 17.0. The zero-order valence-electron chi connectivity index (χ0n) is 19.6. The molecule has 2 amide bonds. The lowest BCUT2D eigenvalue weighted by atomic mass is 9.97. The Morgan fingerprint density at radius 3 is 2.56 bits per heavy atom. The van der Waals surface area contributed by atoms with E-state index in [1.165, 1.54) is 11.3 Å². The first-order valence-electron chi connectivity index (χ1n) is 12.0. The maximum Gasteiger partial charge on any atom is 0.275 e. The number of likely N-dealkylation sites (tertiary alicyclic amines) is 1. The molecule has 0 bridgehead atoms. The van der Waals surface area contributed by atoms with Crippen molar-refractivity contribution in [2.45, 2.75) is 44.9 Å². The van der Waals surface area contributed by atoms with E-state index in [-0.39, 0.29) is 23.5 Å². The number of ketones is 1. The molecular weight excluding hydrogens is 452 g/mol. The largest absolute Gasteiger partial charge is 0.378 e. The van der Waals surface area contributed by atoms with E-state index in [0.717, 1.165) is 42.3 Å². The minimum atomic E-state index is -0.207. The van der Waals surface area contributed by atoms with E-state index in [0.29, 0.717) is 51.3 Å². The number of thiazole rings is 1. The smallest absolute Gasteiger partial charge is 0.275 e. The summed E-state index contributed by atoms with van der Waals surface area (Å²) in [5, 5.41) is 5.81. The number of Topliss-reactive ketones (excluding diaryl/α,β-unsaturated/α-hetero) is 1. The van der Waals surface area contributed by atoms with Crippen LogP contribution in [0.4, 0.5) is 11.4 Å². The van der Waals surface area contributed by atoms with Crippen LogP contribution in [0.5, 0.6) is 0 Å². The second-order valence-corrected chi connectivity index (χ2v) is 9.74. The lowest BCUT2D eigenvalue weighted by molar-refractivity contribution is -0.132. The zero-order valence-corrected chi connectivity index (χ0v) is 20.4. The number of ether oxygens (including phenoxy) is 1. The summed E-state index contributed by atoms with van der Waals surface area (Å²) in [5.74, 6) is 0.298. The van der Waals surface area contributed by atoms with Crippen LogP contribution in [-0.2, 0) is 14.3 Å². The third-order valence-electron chi connectivity index (χ3n) is 6.37. The first-order chi connectivity index (χ1) is 16.5. The molecule has 4 rings (SSSR count). The number of aromatic nitrogens is 1. The monoisotopic (exact) mass is 484 g/mol. The third-order valence-corrected chi connectivity index (χ3v) is 7.38. The van der Waals surface area contributed by atoms with Gasteiger partial charge in [0.1, 0.15) is 11.5 Å². The van der Waals surface area contributed by atoms with Crippen molar-refractivity contribution in [1.82, 2.24) is 9.88 Å². The van der Waals surface area contributed by atoms with Crippen LogP contribution >= 0.6 is 11.3 Å². The first kappa shape index (κ1) is 24.3. The number of piperidine rings is 1. The molecule has 0 aliphatic carbocycles. The van der Waals surface area contributed by atoms with E-state index in [2.05, 4.69) is 15.2 Å². The summed E-state index contributed by atoms with van der Waals surface area (Å²) in [6.07, 6.45) is 3.19. The lowest BCUT2D eigenvalue weighted by Gasteiger charge is -2.31. The number of nitrogens with one attached hydrogen (secondary N) is 1. The molecule has 8 nitrogen and oxygen atoms in total. The highest BCUT2D eigenvalue weighted by molar-refractivity contribution is 7.10. The number of para-hydroxylation sites is 2. The third kappa shape index (κ3) is 6.21. The van der Waals surface area contributed by atoms with Crippen molar-refractivity contribution in [3.63, 3.8) is 0 Å². The number of hydrogen-bond acceptors (Lipinski definition) is 7. The summed E-state index contributed by atoms with van der Waals surface area (Å²) in [4.78, 5) is 45.2. The van der Waals surface area contributed by atoms with Gasteiger partial charge in [-0.3, -0.25) is 9.59 Å². The Morgan fingerprint density at radius 1 is 1.09 bits per heavy atom. The fourth-order valence-electron chi connectivity index (χ4n) is 4.45. The van der Waals surface area contributed by atoms with Crippen LogP contribution in [0, 0.1) is 0 Å². The molecule has 2 saturated heterocycles. The van der Waals surface area contributed by atoms with Crippen molar-refractivity contribution in [3.8, 4) is 0 Å². The molecule has 3 heterocycles. The van der Waals surface area contributed by atoms with Gasteiger partial charge in [-0.1, -0.05) is 12.1 Å². The van der Waals surface area contributed by atoms with E-state index < -0.39 is 0 Å². The van der Waals surface area contributed by atoms with Gasteiger partial charge in [-0.15, -0.1) is 11.3 Å². The summed E-state index contributed by atoms with van der Waals surface area (Å²) >= 11 is 1.51. The molecule has 0 radical (unpaired) electrons. The molecular formula is C25H32N4O4S. The van der Waals surface area contributed by atoms with Crippen LogP contribution in [0.15, 0.2) is 29.6 Å². The molecule has 1 N–H and O–H groups in total. The van der Waals surface area contributed by atoms with Gasteiger partial charge in [0, 0.05) is 50.3 Å². The van der Waals surface area contributed by atoms with Crippen LogP contribution in [0.1, 0.15) is 60.4 Å². The molecule has 182 valence electrons. The number of carbonyl (C=O) groups is 3. The Balaban J connectivity index is 1.31. The molecule has 0 spiro atoms. The van der Waals surface area contributed by atoms with E-state index in [1.54, 1.807) is 6.92 Å². The van der Waals surface area contributed by atoms with Crippen LogP contribution in [0.25, 0.3) is 0 Å². The minimum Gasteiger partial charge on any atom is -0.378 e. The number of benzene rings is 1. The molecule has 0 atom stereocenters. The van der Waals surface area contributed by atoms with Crippen molar-refractivity contribution in [2.75, 3.05) is 49.6 Å². The molecule has 2 aliphatic heterocycles. The van der Waals surface area contributed by atoms with Crippen molar-refractivity contribution < 1.29 is 19.1 Å². The Kier molecular flexibility index (Phi) is 8.29. The first-order valence-corrected chi connectivity index (χ1v) is 12.8. The number of morpholine rings is 1. The summed E-state index contributed by atoms with van der Waals surface area (Å²) < 4.78 is 5.45. The van der Waals surface area contributed by atoms with Gasteiger partial charge in [-0.2, -0.15) is 0 Å². The molecule has 1 aromatic heterocycles. The molecule has 9 heteroatoms. The predicted octanol–water partition coefficient (Wildman–Crippen LogP) is 3.70. The Labute approximate surface area is 204 Å². The average Bonchev–Trinajstić information content (AvgIpc) is 3.35. The molecule has 2 fully saturated rings. The molecule has 34 heavy (non-hydrogen) atoms. The van der Waals surface area contributed by atoms with Gasteiger partial charge in [0.2, 0.25) is 5.91 Å². The Hall–Kier alpha value is -2.78. The lowest BCUT2D eigenvalue weighted by Crippen LogP contribution is -2.37. The van der Waals surface area contributed by atoms with Crippen molar-refractivity contribution in [3.05, 3.63) is 40.3 Å². The quantitative estimate of drug-likeness (QED) is 0.614. The highest BCUT2D eigenvalue weighted by atomic mass is 32.1. The molecule has 1 aromatic carbocycles. The minimum absolute atomic E-state index is 0.123. The van der Waals surface area contributed by atoms with E-state index >= 15 is 0 Å². The summed E-state index contributed by atoms with van der Waals surface area (Å²) in [6, 6.07) is 7.82. The van der Waals surface area contributed by atoms with Gasteiger partial charge in [-0.25, -0.2) is 4.98 Å². The molecule has 2 aliphatic rings. The molecule has 0 saturated carbocycles. The molecule has 2 aromatic rings. The SMILES string of the molecule is CC(=O)CCCC(=O)N1CCC(c2nc(C(=O)Nc3ccccc3N3CCOCC3)cs2)CC1. The van der Waals surface area contributed by atoms with Crippen molar-refractivity contribution in [2.24, 2.45) is 0 Å². The topological polar surface area (TPSA) is 91.8 Å². The highest BCUT2D eigenvalue weighted by Gasteiger charge is 2.26. The van der Waals surface area contributed by atoms with Crippen LogP contribution in [0.2, 0.25) is 0 Å². The second kappa shape index (κ2) is 11.6. The van der Waals surface area contributed by atoms with Crippen molar-refractivity contribution >= 4 is 40.3 Å². The van der Waals surface area contributed by atoms with Crippen LogP contribution < -0.4 is 10.2 Å². The Morgan fingerprint density at radius 2 is 1.82 bits per heavy atom. The number of carbonyl (C=O) groups excluding carboxylic acids is 3. The number of hydrogen-bond donors (Lipinski definition) is 1. The maximum atomic E-state index is 12.9. The number of nitrogens with zero attached hydrogens (tertiary/aromatic N) is 3. The van der Waals surface area contributed by atoms with Crippen LogP contribution in [0.3, 0.4) is 0 Å². The number of amides is 2. The van der Waals surface area contributed by atoms with Crippen LogP contribution in [-0.4, -0.2) is 66.9 Å². The summed E-state index contributed by atoms with van der Waals surface area (Å²) in [6.45, 7) is 5.90. The fourth-order valence-corrected chi connectivity index (χ4v) is 5.42. The highest BCUT2D eigenvalue weighted by Crippen LogP contribution is 2.31. The van der Waals surface area contributed by atoms with Gasteiger partial charge in [0.05, 0.1) is 29.6 Å². The fraction of sp³-hybridized carbons (Fsp3) is 0.520. The number of rotatable bonds is 8. The maximum absolute atomic E-state index is 12.9. The van der Waals surface area contributed by atoms with Gasteiger partial charge in [0.25, 0.3) is 5.91 Å². The zero-order chi connectivity index (χ0) is 23.9. The van der Waals surface area contributed by atoms with Gasteiger partial charge in [-0.05, 0) is 38.3 Å². The van der Waals surface area contributed by atoms with Crippen molar-refractivity contribution in [1.29, 1.82) is 0 Å². The predicted molar refractivity (Wildman–Crippen MR) is 133 cm³/mol. The van der Waals surface area contributed by atoms with E-state index in [1.807, 2.05) is 34.5 Å². The standard InChI is InChI=1S/C25H32N4O4S/c1-18(30)5-4-8-23(31)29-11-9-19(10-12-29)25-27-21(17-34-25)24(32)26-20-6-2-3-7-22(20)28-13-15-33-16-14-28/h2-3,6-7,17,19H,4-5,8-16H2,1H3,(H,26,32). The van der Waals surface area contributed by atoms with Gasteiger partial charge in [0.15, 0.2) is 0 Å². The average molecular weight is 485 g/mol. The molecule has 0 unspecified atom stereocenters. The Bertz CT molecular complexity index is 1010.